The molecule has 7 heteroatoms. The van der Waals surface area contributed by atoms with E-state index in [0.29, 0.717) is 32.2 Å². The van der Waals surface area contributed by atoms with E-state index >= 15 is 0 Å². The number of methoxy groups -OCH3 is 1. The number of ether oxygens (including phenoxy) is 1. The number of carbonyl (C=O) groups excluding carboxylic acids is 1. The molecule has 0 unspecified atom stereocenters. The van der Waals surface area contributed by atoms with Gasteiger partial charge in [-0.15, -0.1) is 0 Å². The molecule has 0 aromatic heterocycles. The SMILES string of the molecule is COc1ccc(Cl)cc1NCC(=O)Nc1cccc(Cl)c1Cl. The lowest BCUT2D eigenvalue weighted by Crippen LogP contribution is -2.22. The van der Waals surface area contributed by atoms with Crippen LogP contribution >= 0.6 is 34.8 Å². The Bertz CT molecular complexity index is 692. The summed E-state index contributed by atoms with van der Waals surface area (Å²) in [5.74, 6) is 0.323. The molecule has 0 aliphatic rings. The predicted octanol–water partition coefficient (Wildman–Crippen LogP) is 4.71. The summed E-state index contributed by atoms with van der Waals surface area (Å²) < 4.78 is 5.19. The lowest BCUT2D eigenvalue weighted by molar-refractivity contribution is -0.114. The van der Waals surface area contributed by atoms with E-state index in [1.165, 1.54) is 0 Å². The van der Waals surface area contributed by atoms with Gasteiger partial charge in [-0.3, -0.25) is 4.79 Å². The Morgan fingerprint density at radius 3 is 2.64 bits per heavy atom. The molecule has 22 heavy (non-hydrogen) atoms. The van der Waals surface area contributed by atoms with Crippen LogP contribution in [-0.4, -0.2) is 19.6 Å². The lowest BCUT2D eigenvalue weighted by Gasteiger charge is -2.12. The summed E-state index contributed by atoms with van der Waals surface area (Å²) in [6, 6.07) is 10.1. The van der Waals surface area contributed by atoms with E-state index in [1.807, 2.05) is 0 Å². The Kier molecular flexibility index (Phi) is 5.77. The maximum absolute atomic E-state index is 12.0. The molecule has 0 fully saturated rings. The molecule has 0 heterocycles. The number of hydrogen-bond acceptors (Lipinski definition) is 3. The smallest absolute Gasteiger partial charge is 0.243 e. The topological polar surface area (TPSA) is 50.4 Å². The van der Waals surface area contributed by atoms with Crippen LogP contribution in [0.2, 0.25) is 15.1 Å². The second-order valence-corrected chi connectivity index (χ2v) is 5.57. The molecule has 2 aromatic carbocycles. The fourth-order valence-corrected chi connectivity index (χ4v) is 2.31. The molecule has 0 radical (unpaired) electrons. The Hall–Kier alpha value is -1.62. The van der Waals surface area contributed by atoms with Crippen molar-refractivity contribution in [2.45, 2.75) is 0 Å². The molecule has 2 aromatic rings. The first-order chi connectivity index (χ1) is 10.5. The fraction of sp³-hybridized carbons (Fsp3) is 0.133. The second kappa shape index (κ2) is 7.58. The van der Waals surface area contributed by atoms with Crippen LogP contribution in [0.25, 0.3) is 0 Å². The number of rotatable bonds is 5. The largest absolute Gasteiger partial charge is 0.495 e. The highest BCUT2D eigenvalue weighted by molar-refractivity contribution is 6.44. The molecule has 0 saturated heterocycles. The highest BCUT2D eigenvalue weighted by Crippen LogP contribution is 2.30. The molecule has 0 aliphatic heterocycles. The van der Waals surface area contributed by atoms with Crippen LogP contribution in [0, 0.1) is 0 Å². The number of hydrogen-bond donors (Lipinski definition) is 2. The van der Waals surface area contributed by atoms with Crippen LogP contribution in [0.4, 0.5) is 11.4 Å². The Balaban J connectivity index is 2.01. The summed E-state index contributed by atoms with van der Waals surface area (Å²) in [6.45, 7) is 0.0273. The molecular weight excluding hydrogens is 347 g/mol. The molecule has 0 aliphatic carbocycles. The number of halogens is 3. The van der Waals surface area contributed by atoms with Gasteiger partial charge < -0.3 is 15.4 Å². The van der Waals surface area contributed by atoms with Gasteiger partial charge in [0.15, 0.2) is 0 Å². The molecule has 0 atom stereocenters. The van der Waals surface area contributed by atoms with Crippen LogP contribution in [0.1, 0.15) is 0 Å². The quantitative estimate of drug-likeness (QED) is 0.813. The van der Waals surface area contributed by atoms with E-state index in [9.17, 15) is 4.79 Å². The summed E-state index contributed by atoms with van der Waals surface area (Å²) >= 11 is 17.8. The highest BCUT2D eigenvalue weighted by atomic mass is 35.5. The van der Waals surface area contributed by atoms with Crippen molar-refractivity contribution in [2.24, 2.45) is 0 Å². The molecule has 1 amide bonds. The van der Waals surface area contributed by atoms with Crippen molar-refractivity contribution in [3.63, 3.8) is 0 Å². The van der Waals surface area contributed by atoms with Gasteiger partial charge in [0.1, 0.15) is 5.75 Å². The molecular formula is C15H13Cl3N2O2. The zero-order chi connectivity index (χ0) is 16.1. The van der Waals surface area contributed by atoms with Crippen LogP contribution < -0.4 is 15.4 Å². The van der Waals surface area contributed by atoms with Gasteiger partial charge in [-0.2, -0.15) is 0 Å². The van der Waals surface area contributed by atoms with Gasteiger partial charge in [0.2, 0.25) is 5.91 Å². The number of nitrogens with one attached hydrogen (secondary N) is 2. The molecule has 116 valence electrons. The number of amides is 1. The van der Waals surface area contributed by atoms with Gasteiger partial charge in [-0.25, -0.2) is 0 Å². The summed E-state index contributed by atoms with van der Waals surface area (Å²) in [5, 5.41) is 6.87. The van der Waals surface area contributed by atoms with Gasteiger partial charge in [-0.1, -0.05) is 40.9 Å². The first-order valence-corrected chi connectivity index (χ1v) is 7.46. The van der Waals surface area contributed by atoms with Crippen molar-refractivity contribution in [3.8, 4) is 5.75 Å². The maximum atomic E-state index is 12.0. The first kappa shape index (κ1) is 16.7. The third-order valence-corrected chi connectivity index (χ3v) is 3.88. The summed E-state index contributed by atoms with van der Waals surface area (Å²) in [7, 11) is 1.54. The third-order valence-electron chi connectivity index (χ3n) is 2.83. The van der Waals surface area contributed by atoms with Gasteiger partial charge >= 0.3 is 0 Å². The zero-order valence-corrected chi connectivity index (χ0v) is 13.9. The monoisotopic (exact) mass is 358 g/mol. The number of carbonyl (C=O) groups is 1. The van der Waals surface area contributed by atoms with Gasteiger partial charge in [0.05, 0.1) is 35.1 Å². The van der Waals surface area contributed by atoms with Crippen molar-refractivity contribution < 1.29 is 9.53 Å². The van der Waals surface area contributed by atoms with Gasteiger partial charge in [0.25, 0.3) is 0 Å². The number of anilines is 2. The Labute approximate surface area is 143 Å². The van der Waals surface area contributed by atoms with Crippen LogP contribution in [0.3, 0.4) is 0 Å². The van der Waals surface area contributed by atoms with E-state index in [-0.39, 0.29) is 12.5 Å². The van der Waals surface area contributed by atoms with Crippen LogP contribution in [0.15, 0.2) is 36.4 Å². The van der Waals surface area contributed by atoms with Gasteiger partial charge in [-0.05, 0) is 30.3 Å². The first-order valence-electron chi connectivity index (χ1n) is 6.32. The van der Waals surface area contributed by atoms with Crippen molar-refractivity contribution in [1.29, 1.82) is 0 Å². The molecule has 0 saturated carbocycles. The van der Waals surface area contributed by atoms with Crippen LogP contribution in [-0.2, 0) is 4.79 Å². The Morgan fingerprint density at radius 1 is 1.14 bits per heavy atom. The lowest BCUT2D eigenvalue weighted by atomic mass is 10.3. The average molecular weight is 360 g/mol. The second-order valence-electron chi connectivity index (χ2n) is 4.35. The maximum Gasteiger partial charge on any atom is 0.243 e. The van der Waals surface area contributed by atoms with Crippen molar-refractivity contribution in [1.82, 2.24) is 0 Å². The van der Waals surface area contributed by atoms with Gasteiger partial charge in [0, 0.05) is 5.02 Å². The summed E-state index contributed by atoms with van der Waals surface area (Å²) in [6.07, 6.45) is 0. The summed E-state index contributed by atoms with van der Waals surface area (Å²) in [5.41, 5.74) is 1.08. The Morgan fingerprint density at radius 2 is 1.91 bits per heavy atom. The van der Waals surface area contributed by atoms with E-state index in [0.717, 1.165) is 0 Å². The molecule has 0 spiro atoms. The van der Waals surface area contributed by atoms with E-state index in [1.54, 1.807) is 43.5 Å². The summed E-state index contributed by atoms with van der Waals surface area (Å²) in [4.78, 5) is 12.0. The molecule has 2 rings (SSSR count). The average Bonchev–Trinajstić information content (AvgIpc) is 2.50. The standard InChI is InChI=1S/C15H13Cl3N2O2/c1-22-13-6-5-9(16)7-12(13)19-8-14(21)20-11-4-2-3-10(17)15(11)18/h2-7,19H,8H2,1H3,(H,20,21). The minimum absolute atomic E-state index is 0.0273. The third kappa shape index (κ3) is 4.19. The van der Waals surface area contributed by atoms with Crippen molar-refractivity contribution in [3.05, 3.63) is 51.5 Å². The highest BCUT2D eigenvalue weighted by Gasteiger charge is 2.10. The number of benzene rings is 2. The van der Waals surface area contributed by atoms with E-state index in [2.05, 4.69) is 10.6 Å². The molecule has 4 nitrogen and oxygen atoms in total. The van der Waals surface area contributed by atoms with Crippen molar-refractivity contribution >= 4 is 52.1 Å². The van der Waals surface area contributed by atoms with Crippen molar-refractivity contribution in [2.75, 3.05) is 24.3 Å². The fourth-order valence-electron chi connectivity index (χ4n) is 1.79. The normalized spacial score (nSPS) is 10.2. The zero-order valence-electron chi connectivity index (χ0n) is 11.6. The minimum atomic E-state index is -0.272. The molecule has 2 N–H and O–H groups in total. The predicted molar refractivity (Wildman–Crippen MR) is 91.6 cm³/mol. The molecule has 0 bridgehead atoms. The van der Waals surface area contributed by atoms with E-state index < -0.39 is 0 Å². The van der Waals surface area contributed by atoms with Crippen LogP contribution in [0.5, 0.6) is 5.75 Å². The minimum Gasteiger partial charge on any atom is -0.495 e. The van der Waals surface area contributed by atoms with E-state index in [4.69, 9.17) is 39.5 Å².